The summed E-state index contributed by atoms with van der Waals surface area (Å²) in [7, 11) is 0. The number of aryl methyl sites for hydroxylation is 2. The second-order valence-electron chi connectivity index (χ2n) is 9.09. The number of anilines is 1. The van der Waals surface area contributed by atoms with Gasteiger partial charge >= 0.3 is 0 Å². The average molecular weight is 434 g/mol. The molecule has 0 spiro atoms. The van der Waals surface area contributed by atoms with Gasteiger partial charge in [-0.3, -0.25) is 19.7 Å². The third-order valence-electron chi connectivity index (χ3n) is 6.36. The standard InChI is InChI=1S/C25H27N3O4/c1-15-11-16(2)14-26(13-15)23-22(19-6-9-20(10-7-19)28(31)32)24(29)27(25(23)30)21-8-5-17(3)18(4)12-21/h5-10,12,15-16H,11,13-14H2,1-4H3. The Labute approximate surface area is 187 Å². The molecule has 2 unspecified atom stereocenters. The van der Waals surface area contributed by atoms with E-state index in [9.17, 15) is 19.7 Å². The Balaban J connectivity index is 1.83. The van der Waals surface area contributed by atoms with Crippen molar-refractivity contribution in [3.8, 4) is 0 Å². The molecule has 2 aromatic carbocycles. The Hall–Kier alpha value is -3.48. The fourth-order valence-corrected chi connectivity index (χ4v) is 4.77. The van der Waals surface area contributed by atoms with Gasteiger partial charge in [0.15, 0.2) is 0 Å². The van der Waals surface area contributed by atoms with E-state index in [0.29, 0.717) is 47.4 Å². The molecule has 0 bridgehead atoms. The van der Waals surface area contributed by atoms with Crippen LogP contribution in [-0.2, 0) is 9.59 Å². The van der Waals surface area contributed by atoms with Gasteiger partial charge in [0.05, 0.1) is 16.2 Å². The number of rotatable bonds is 4. The smallest absolute Gasteiger partial charge is 0.282 e. The van der Waals surface area contributed by atoms with Gasteiger partial charge in [0.1, 0.15) is 5.70 Å². The first-order valence-corrected chi connectivity index (χ1v) is 10.9. The molecule has 2 aliphatic heterocycles. The molecule has 2 aromatic rings. The molecule has 7 heteroatoms. The fourth-order valence-electron chi connectivity index (χ4n) is 4.77. The molecule has 0 N–H and O–H groups in total. The minimum Gasteiger partial charge on any atom is -0.366 e. The highest BCUT2D eigenvalue weighted by atomic mass is 16.6. The van der Waals surface area contributed by atoms with Crippen molar-refractivity contribution < 1.29 is 14.5 Å². The van der Waals surface area contributed by atoms with Crippen LogP contribution in [0.4, 0.5) is 11.4 Å². The van der Waals surface area contributed by atoms with E-state index in [0.717, 1.165) is 17.5 Å². The van der Waals surface area contributed by atoms with Crippen LogP contribution in [0, 0.1) is 35.8 Å². The number of imide groups is 1. The van der Waals surface area contributed by atoms with Crippen LogP contribution in [0.5, 0.6) is 0 Å². The molecule has 2 aliphatic rings. The van der Waals surface area contributed by atoms with Gasteiger partial charge < -0.3 is 4.90 Å². The van der Waals surface area contributed by atoms with Crippen molar-refractivity contribution in [3.63, 3.8) is 0 Å². The number of hydrogen-bond acceptors (Lipinski definition) is 5. The van der Waals surface area contributed by atoms with Crippen LogP contribution in [0.2, 0.25) is 0 Å². The summed E-state index contributed by atoms with van der Waals surface area (Å²) in [5, 5.41) is 11.1. The van der Waals surface area contributed by atoms with E-state index >= 15 is 0 Å². The largest absolute Gasteiger partial charge is 0.366 e. The summed E-state index contributed by atoms with van der Waals surface area (Å²) in [5.41, 5.74) is 3.77. The lowest BCUT2D eigenvalue weighted by Gasteiger charge is -2.37. The summed E-state index contributed by atoms with van der Waals surface area (Å²) < 4.78 is 0. The number of carbonyl (C=O) groups is 2. The van der Waals surface area contributed by atoms with Gasteiger partial charge in [-0.05, 0) is 73.1 Å². The molecule has 2 amide bonds. The van der Waals surface area contributed by atoms with Crippen LogP contribution in [0.3, 0.4) is 0 Å². The normalized spacial score (nSPS) is 21.5. The molecule has 0 aromatic heterocycles. The highest BCUT2D eigenvalue weighted by Gasteiger charge is 2.43. The monoisotopic (exact) mass is 433 g/mol. The molecule has 7 nitrogen and oxygen atoms in total. The van der Waals surface area contributed by atoms with Crippen LogP contribution >= 0.6 is 0 Å². The van der Waals surface area contributed by atoms with E-state index < -0.39 is 10.8 Å². The molecule has 0 radical (unpaired) electrons. The maximum absolute atomic E-state index is 13.7. The summed E-state index contributed by atoms with van der Waals surface area (Å²) in [6, 6.07) is 11.4. The predicted octanol–water partition coefficient (Wildman–Crippen LogP) is 4.47. The van der Waals surface area contributed by atoms with Crippen molar-refractivity contribution in [3.05, 3.63) is 75.0 Å². The summed E-state index contributed by atoms with van der Waals surface area (Å²) in [4.78, 5) is 41.2. The van der Waals surface area contributed by atoms with Gasteiger partial charge in [-0.25, -0.2) is 4.90 Å². The first-order valence-electron chi connectivity index (χ1n) is 10.9. The Morgan fingerprint density at radius 3 is 2.09 bits per heavy atom. The van der Waals surface area contributed by atoms with E-state index in [2.05, 4.69) is 13.8 Å². The minimum atomic E-state index is -0.476. The molecule has 1 fully saturated rings. The van der Waals surface area contributed by atoms with Crippen molar-refractivity contribution in [2.45, 2.75) is 34.1 Å². The third-order valence-corrected chi connectivity index (χ3v) is 6.36. The number of benzene rings is 2. The van der Waals surface area contributed by atoms with E-state index in [1.54, 1.807) is 18.2 Å². The summed E-state index contributed by atoms with van der Waals surface area (Å²) in [6.07, 6.45) is 1.07. The lowest BCUT2D eigenvalue weighted by Crippen LogP contribution is -2.42. The van der Waals surface area contributed by atoms with Crippen LogP contribution in [0.1, 0.15) is 37.0 Å². The number of hydrogen-bond donors (Lipinski definition) is 0. The van der Waals surface area contributed by atoms with E-state index in [-0.39, 0.29) is 11.6 Å². The van der Waals surface area contributed by atoms with Gasteiger partial charge in [0.25, 0.3) is 17.5 Å². The highest BCUT2D eigenvalue weighted by Crippen LogP contribution is 2.38. The lowest BCUT2D eigenvalue weighted by molar-refractivity contribution is -0.384. The van der Waals surface area contributed by atoms with Crippen LogP contribution in [0.25, 0.3) is 5.57 Å². The molecule has 0 saturated carbocycles. The number of likely N-dealkylation sites (tertiary alicyclic amines) is 1. The topological polar surface area (TPSA) is 83.8 Å². The maximum atomic E-state index is 13.7. The molecule has 0 aliphatic carbocycles. The van der Waals surface area contributed by atoms with Crippen LogP contribution < -0.4 is 4.90 Å². The number of non-ortho nitro benzene ring substituents is 1. The quantitative estimate of drug-likeness (QED) is 0.403. The Morgan fingerprint density at radius 1 is 0.906 bits per heavy atom. The second-order valence-corrected chi connectivity index (χ2v) is 9.09. The molecular formula is C25H27N3O4. The summed E-state index contributed by atoms with van der Waals surface area (Å²) >= 11 is 0. The summed E-state index contributed by atoms with van der Waals surface area (Å²) in [5.74, 6) is 0.0479. The predicted molar refractivity (Wildman–Crippen MR) is 123 cm³/mol. The Kier molecular flexibility index (Phi) is 5.59. The maximum Gasteiger partial charge on any atom is 0.282 e. The molecule has 2 atom stereocenters. The van der Waals surface area contributed by atoms with Gasteiger partial charge in [-0.1, -0.05) is 19.9 Å². The molecular weight excluding hydrogens is 406 g/mol. The average Bonchev–Trinajstić information content (AvgIpc) is 2.99. The zero-order valence-corrected chi connectivity index (χ0v) is 18.8. The number of nitro groups is 1. The van der Waals surface area contributed by atoms with Gasteiger partial charge in [-0.15, -0.1) is 0 Å². The lowest BCUT2D eigenvalue weighted by atomic mass is 9.91. The second kappa shape index (κ2) is 8.22. The highest BCUT2D eigenvalue weighted by molar-refractivity contribution is 6.45. The van der Waals surface area contributed by atoms with Gasteiger partial charge in [-0.2, -0.15) is 0 Å². The SMILES string of the molecule is Cc1ccc(N2C(=O)C(c3ccc([N+](=O)[O-])cc3)=C(N3CC(C)CC(C)C3)C2=O)cc1C. The number of carbonyl (C=O) groups excluding carboxylic acids is 2. The molecule has 4 rings (SSSR count). The first-order chi connectivity index (χ1) is 15.2. The van der Waals surface area contributed by atoms with Crippen molar-refractivity contribution in [2.24, 2.45) is 11.8 Å². The number of piperidine rings is 1. The third kappa shape index (κ3) is 3.79. The van der Waals surface area contributed by atoms with Crippen molar-refractivity contribution in [2.75, 3.05) is 18.0 Å². The van der Waals surface area contributed by atoms with Gasteiger partial charge in [0.2, 0.25) is 0 Å². The molecule has 166 valence electrons. The fraction of sp³-hybridized carbons (Fsp3) is 0.360. The van der Waals surface area contributed by atoms with Gasteiger partial charge in [0, 0.05) is 25.2 Å². The summed E-state index contributed by atoms with van der Waals surface area (Å²) in [6.45, 7) is 9.61. The molecule has 2 heterocycles. The van der Waals surface area contributed by atoms with Crippen molar-refractivity contribution in [1.29, 1.82) is 0 Å². The number of nitrogens with zero attached hydrogens (tertiary/aromatic N) is 3. The Bertz CT molecular complexity index is 1130. The van der Waals surface area contributed by atoms with Crippen LogP contribution in [-0.4, -0.2) is 34.7 Å². The molecule has 32 heavy (non-hydrogen) atoms. The van der Waals surface area contributed by atoms with Crippen molar-refractivity contribution in [1.82, 2.24) is 4.90 Å². The number of amides is 2. The first kappa shape index (κ1) is 21.7. The minimum absolute atomic E-state index is 0.0566. The zero-order valence-electron chi connectivity index (χ0n) is 18.8. The number of nitro benzene ring substituents is 1. The Morgan fingerprint density at radius 2 is 1.53 bits per heavy atom. The van der Waals surface area contributed by atoms with E-state index in [1.807, 2.05) is 30.9 Å². The van der Waals surface area contributed by atoms with E-state index in [1.165, 1.54) is 17.0 Å². The molecule has 1 saturated heterocycles. The zero-order chi connectivity index (χ0) is 23.2. The van der Waals surface area contributed by atoms with E-state index in [4.69, 9.17) is 0 Å². The van der Waals surface area contributed by atoms with Crippen molar-refractivity contribution >= 4 is 28.8 Å². The van der Waals surface area contributed by atoms with Crippen LogP contribution in [0.15, 0.2) is 48.2 Å².